The van der Waals surface area contributed by atoms with Gasteiger partial charge in [0.05, 0.1) is 0 Å². The van der Waals surface area contributed by atoms with Gasteiger partial charge in [-0.25, -0.2) is 4.79 Å². The summed E-state index contributed by atoms with van der Waals surface area (Å²) in [5.41, 5.74) is -0.816. The average Bonchev–Trinajstić information content (AvgIpc) is 2.77. The minimum atomic E-state index is -0.529. The number of hydrogen-bond acceptors (Lipinski definition) is 3. The summed E-state index contributed by atoms with van der Waals surface area (Å²) in [6.45, 7) is 5.76. The van der Waals surface area contributed by atoms with Crippen LogP contribution in [0.3, 0.4) is 0 Å². The summed E-state index contributed by atoms with van der Waals surface area (Å²) in [7, 11) is 0. The van der Waals surface area contributed by atoms with E-state index in [0.29, 0.717) is 0 Å². The molecule has 0 bridgehead atoms. The van der Waals surface area contributed by atoms with Crippen LogP contribution in [0.5, 0.6) is 0 Å². The van der Waals surface area contributed by atoms with Crippen molar-refractivity contribution < 1.29 is 13.9 Å². The molecule has 1 N–H and O–H groups in total. The lowest BCUT2D eigenvalue weighted by Crippen LogP contribution is -2.42. The highest BCUT2D eigenvalue weighted by atomic mass is 127. The van der Waals surface area contributed by atoms with Gasteiger partial charge in [0.15, 0.2) is 9.37 Å². The van der Waals surface area contributed by atoms with Gasteiger partial charge in [0.1, 0.15) is 5.76 Å². The number of ether oxygens (including phenoxy) is 1. The Morgan fingerprint density at radius 2 is 2.12 bits per heavy atom. The molecule has 0 atom stereocenters. The van der Waals surface area contributed by atoms with Crippen LogP contribution in [0.4, 0.5) is 4.79 Å². The van der Waals surface area contributed by atoms with E-state index < -0.39 is 5.60 Å². The zero-order chi connectivity index (χ0) is 12.7. The fourth-order valence-electron chi connectivity index (χ4n) is 1.58. The average molecular weight is 349 g/mol. The Morgan fingerprint density at radius 3 is 2.53 bits per heavy atom. The van der Waals surface area contributed by atoms with E-state index in [0.717, 1.165) is 22.4 Å². The highest BCUT2D eigenvalue weighted by Gasteiger charge is 2.51. The van der Waals surface area contributed by atoms with Crippen molar-refractivity contribution in [3.05, 3.63) is 21.7 Å². The van der Waals surface area contributed by atoms with Crippen LogP contribution in [0, 0.1) is 3.77 Å². The first-order valence-electron chi connectivity index (χ1n) is 5.58. The van der Waals surface area contributed by atoms with Crippen LogP contribution in [-0.2, 0) is 10.3 Å². The number of carbonyl (C=O) groups is 1. The molecular weight excluding hydrogens is 333 g/mol. The van der Waals surface area contributed by atoms with E-state index in [2.05, 4.69) is 27.9 Å². The van der Waals surface area contributed by atoms with Gasteiger partial charge >= 0.3 is 6.09 Å². The van der Waals surface area contributed by atoms with E-state index in [1.165, 1.54) is 0 Å². The molecule has 0 aliphatic heterocycles. The summed E-state index contributed by atoms with van der Waals surface area (Å²) < 4.78 is 11.8. The van der Waals surface area contributed by atoms with E-state index in [4.69, 9.17) is 9.15 Å². The van der Waals surface area contributed by atoms with Crippen LogP contribution in [0.1, 0.15) is 39.4 Å². The summed E-state index contributed by atoms with van der Waals surface area (Å²) in [5.74, 6) is 0.742. The van der Waals surface area contributed by atoms with Crippen molar-refractivity contribution in [1.82, 2.24) is 5.32 Å². The van der Waals surface area contributed by atoms with Gasteiger partial charge in [-0.1, -0.05) is 0 Å². The van der Waals surface area contributed by atoms with Gasteiger partial charge in [-0.15, -0.1) is 0 Å². The molecule has 1 aliphatic carbocycles. The Balaban J connectivity index is 2.02. The van der Waals surface area contributed by atoms with Gasteiger partial charge in [-0.05, 0) is 68.3 Å². The molecular formula is C12H16INO3. The summed E-state index contributed by atoms with van der Waals surface area (Å²) >= 11 is 2.10. The molecule has 0 unspecified atom stereocenters. The second-order valence-corrected chi connectivity index (χ2v) is 6.43. The van der Waals surface area contributed by atoms with Crippen molar-refractivity contribution in [1.29, 1.82) is 0 Å². The smallest absolute Gasteiger partial charge is 0.408 e. The Labute approximate surface area is 114 Å². The number of amides is 1. The second kappa shape index (κ2) is 4.19. The third-order valence-electron chi connectivity index (χ3n) is 2.49. The lowest BCUT2D eigenvalue weighted by atomic mass is 10.1. The van der Waals surface area contributed by atoms with Crippen molar-refractivity contribution in [2.24, 2.45) is 0 Å². The topological polar surface area (TPSA) is 51.5 Å². The molecule has 0 aromatic carbocycles. The van der Waals surface area contributed by atoms with Crippen LogP contribution < -0.4 is 5.32 Å². The molecule has 0 spiro atoms. The zero-order valence-electron chi connectivity index (χ0n) is 10.2. The Morgan fingerprint density at radius 1 is 1.47 bits per heavy atom. The van der Waals surface area contributed by atoms with Gasteiger partial charge in [0.2, 0.25) is 0 Å². The maximum absolute atomic E-state index is 11.7. The van der Waals surface area contributed by atoms with Crippen molar-refractivity contribution in [3.63, 3.8) is 0 Å². The molecule has 1 aromatic heterocycles. The molecule has 4 nitrogen and oxygen atoms in total. The van der Waals surface area contributed by atoms with Crippen LogP contribution in [0.15, 0.2) is 16.5 Å². The van der Waals surface area contributed by atoms with E-state index in [1.54, 1.807) is 0 Å². The van der Waals surface area contributed by atoms with Gasteiger partial charge in [-0.3, -0.25) is 0 Å². The summed E-state index contributed by atoms with van der Waals surface area (Å²) in [5, 5.41) is 2.79. The third-order valence-corrected chi connectivity index (χ3v) is 3.07. The molecule has 1 aliphatic rings. The number of nitrogens with one attached hydrogen (secondary N) is 1. The first-order chi connectivity index (χ1) is 7.81. The highest BCUT2D eigenvalue weighted by Crippen LogP contribution is 2.49. The molecule has 1 saturated carbocycles. The minimum absolute atomic E-state index is 0.287. The second-order valence-electron chi connectivity index (χ2n) is 5.36. The molecule has 1 fully saturated rings. The minimum Gasteiger partial charge on any atom is -0.451 e. The molecule has 0 saturated heterocycles. The maximum Gasteiger partial charge on any atom is 0.408 e. The molecule has 1 aromatic rings. The highest BCUT2D eigenvalue weighted by molar-refractivity contribution is 14.1. The molecule has 1 heterocycles. The standard InChI is InChI=1S/C12H16INO3/c1-11(2,3)14-10(15)17-12(6-7-12)8-4-5-9(13)16-8/h4-5H,6-7H2,1-3H3,(H,14,15). The summed E-state index contributed by atoms with van der Waals surface area (Å²) in [4.78, 5) is 11.7. The van der Waals surface area contributed by atoms with Gasteiger partial charge < -0.3 is 14.5 Å². The fraction of sp³-hybridized carbons (Fsp3) is 0.583. The van der Waals surface area contributed by atoms with Crippen LogP contribution in [0.25, 0.3) is 0 Å². The lowest BCUT2D eigenvalue weighted by molar-refractivity contribution is 0.0613. The molecule has 5 heteroatoms. The molecule has 0 radical (unpaired) electrons. The maximum atomic E-state index is 11.7. The molecule has 17 heavy (non-hydrogen) atoms. The van der Waals surface area contributed by atoms with E-state index in [-0.39, 0.29) is 11.6 Å². The Hall–Kier alpha value is -0.720. The van der Waals surface area contributed by atoms with Crippen LogP contribution in [0.2, 0.25) is 0 Å². The third kappa shape index (κ3) is 3.14. The van der Waals surface area contributed by atoms with Crippen LogP contribution in [-0.4, -0.2) is 11.6 Å². The van der Waals surface area contributed by atoms with Crippen molar-refractivity contribution >= 4 is 28.7 Å². The van der Waals surface area contributed by atoms with E-state index in [1.807, 2.05) is 32.9 Å². The summed E-state index contributed by atoms with van der Waals surface area (Å²) in [6, 6.07) is 3.75. The van der Waals surface area contributed by atoms with E-state index >= 15 is 0 Å². The molecule has 2 rings (SSSR count). The predicted molar refractivity (Wildman–Crippen MR) is 71.7 cm³/mol. The number of carbonyl (C=O) groups excluding carboxylic acids is 1. The Kier molecular flexibility index (Phi) is 3.14. The number of alkyl carbamates (subject to hydrolysis) is 1. The van der Waals surface area contributed by atoms with Crippen LogP contribution >= 0.6 is 22.6 Å². The molecule has 1 amide bonds. The van der Waals surface area contributed by atoms with Gasteiger partial charge in [-0.2, -0.15) is 0 Å². The fourth-order valence-corrected chi connectivity index (χ4v) is 2.00. The number of rotatable bonds is 2. The molecule has 94 valence electrons. The van der Waals surface area contributed by atoms with Gasteiger partial charge in [0, 0.05) is 5.54 Å². The number of halogens is 1. The monoisotopic (exact) mass is 349 g/mol. The van der Waals surface area contributed by atoms with Crippen molar-refractivity contribution in [2.45, 2.75) is 44.8 Å². The van der Waals surface area contributed by atoms with Crippen molar-refractivity contribution in [3.8, 4) is 0 Å². The number of furan rings is 1. The quantitative estimate of drug-likeness (QED) is 0.833. The SMILES string of the molecule is CC(C)(C)NC(=O)OC1(c2ccc(I)o2)CC1. The van der Waals surface area contributed by atoms with Gasteiger partial charge in [0.25, 0.3) is 0 Å². The zero-order valence-corrected chi connectivity index (χ0v) is 12.3. The first kappa shape index (κ1) is 12.7. The summed E-state index contributed by atoms with van der Waals surface area (Å²) in [6.07, 6.45) is 1.27. The number of hydrogen-bond donors (Lipinski definition) is 1. The Bertz CT molecular complexity index is 429. The first-order valence-corrected chi connectivity index (χ1v) is 6.66. The largest absolute Gasteiger partial charge is 0.451 e. The van der Waals surface area contributed by atoms with Crippen molar-refractivity contribution in [2.75, 3.05) is 0 Å². The predicted octanol–water partition coefficient (Wildman–Crippen LogP) is 3.40. The lowest BCUT2D eigenvalue weighted by Gasteiger charge is -2.22. The van der Waals surface area contributed by atoms with E-state index in [9.17, 15) is 4.79 Å². The normalized spacial score (nSPS) is 17.6.